The number of fused-ring (bicyclic) bond motifs is 2. The summed E-state index contributed by atoms with van der Waals surface area (Å²) >= 11 is 1.71. The van der Waals surface area contributed by atoms with E-state index in [9.17, 15) is 4.79 Å². The highest BCUT2D eigenvalue weighted by atomic mass is 32.2. The lowest BCUT2D eigenvalue weighted by atomic mass is 10.1. The van der Waals surface area contributed by atoms with E-state index in [1.807, 2.05) is 60.7 Å². The first-order valence-corrected chi connectivity index (χ1v) is 11.1. The lowest BCUT2D eigenvalue weighted by Gasteiger charge is -2.26. The molecule has 1 N–H and O–H groups in total. The number of hydrogen-bond donors (Lipinski definition) is 1. The molecule has 1 aliphatic rings. The van der Waals surface area contributed by atoms with Crippen LogP contribution in [0.25, 0.3) is 10.8 Å². The normalized spacial score (nSPS) is 14.0. The predicted octanol–water partition coefficient (Wildman–Crippen LogP) is 3.53. The molecule has 8 heteroatoms. The lowest BCUT2D eigenvalue weighted by molar-refractivity contribution is 0.0942. The van der Waals surface area contributed by atoms with Crippen molar-refractivity contribution in [1.82, 2.24) is 28.7 Å². The number of benzene rings is 1. The van der Waals surface area contributed by atoms with Crippen molar-refractivity contribution in [3.05, 3.63) is 77.9 Å². The molecule has 1 amide bonds. The first-order chi connectivity index (χ1) is 15.1. The molecule has 158 valence electrons. The number of nitrogens with zero attached hydrogens (tertiary/aromatic N) is 5. The maximum absolute atomic E-state index is 13.0. The highest BCUT2D eigenvalue weighted by Gasteiger charge is 2.21. The number of pyridine rings is 1. The van der Waals surface area contributed by atoms with Gasteiger partial charge >= 0.3 is 0 Å². The third-order valence-electron chi connectivity index (χ3n) is 5.89. The minimum absolute atomic E-state index is 0.0692. The van der Waals surface area contributed by atoms with Gasteiger partial charge in [0.05, 0.1) is 18.6 Å². The average molecular weight is 433 g/mol. The molecular weight excluding hydrogens is 408 g/mol. The summed E-state index contributed by atoms with van der Waals surface area (Å²) in [4.78, 5) is 22.5. The monoisotopic (exact) mass is 432 g/mol. The maximum Gasteiger partial charge on any atom is 0.268 e. The fraction of sp³-hybridized carbons (Fsp3) is 0.261. The molecule has 4 heterocycles. The summed E-state index contributed by atoms with van der Waals surface area (Å²) in [7, 11) is 1.95. The summed E-state index contributed by atoms with van der Waals surface area (Å²) in [6.45, 7) is 5.26. The summed E-state index contributed by atoms with van der Waals surface area (Å²) in [5.74, 6) is -0.0692. The molecule has 31 heavy (non-hydrogen) atoms. The molecule has 0 spiro atoms. The molecule has 0 saturated heterocycles. The number of imidazole rings is 1. The van der Waals surface area contributed by atoms with E-state index < -0.39 is 0 Å². The molecule has 4 aromatic rings. The second kappa shape index (κ2) is 8.20. The van der Waals surface area contributed by atoms with Crippen LogP contribution in [-0.4, -0.2) is 35.9 Å². The molecule has 0 radical (unpaired) electrons. The Morgan fingerprint density at radius 2 is 2.10 bits per heavy atom. The van der Waals surface area contributed by atoms with Crippen molar-refractivity contribution in [1.29, 1.82) is 0 Å². The van der Waals surface area contributed by atoms with Crippen LogP contribution in [0.2, 0.25) is 0 Å². The van der Waals surface area contributed by atoms with Gasteiger partial charge in [-0.05, 0) is 42.0 Å². The Labute approximate surface area is 185 Å². The summed E-state index contributed by atoms with van der Waals surface area (Å²) in [5, 5.41) is 5.27. The van der Waals surface area contributed by atoms with Crippen LogP contribution in [0.3, 0.4) is 0 Å². The lowest BCUT2D eigenvalue weighted by Crippen LogP contribution is -2.27. The minimum atomic E-state index is -0.0692. The Balaban J connectivity index is 1.30. The van der Waals surface area contributed by atoms with E-state index in [4.69, 9.17) is 0 Å². The van der Waals surface area contributed by atoms with Gasteiger partial charge < -0.3 is 14.5 Å². The molecular formula is C23H24N6OS. The van der Waals surface area contributed by atoms with Gasteiger partial charge in [-0.3, -0.25) is 9.78 Å². The number of amides is 1. The van der Waals surface area contributed by atoms with Crippen molar-refractivity contribution in [2.45, 2.75) is 31.5 Å². The van der Waals surface area contributed by atoms with Crippen LogP contribution in [-0.2, 0) is 26.7 Å². The third kappa shape index (κ3) is 3.84. The highest BCUT2D eigenvalue weighted by Crippen LogP contribution is 2.31. The Morgan fingerprint density at radius 1 is 1.19 bits per heavy atom. The predicted molar refractivity (Wildman–Crippen MR) is 122 cm³/mol. The van der Waals surface area contributed by atoms with E-state index in [1.165, 1.54) is 5.69 Å². The van der Waals surface area contributed by atoms with Gasteiger partial charge in [-0.25, -0.2) is 9.29 Å². The Hall–Kier alpha value is -3.10. The summed E-state index contributed by atoms with van der Waals surface area (Å²) in [5.41, 5.74) is 4.06. The molecule has 0 aliphatic carbocycles. The number of aromatic nitrogens is 4. The fourth-order valence-corrected chi connectivity index (χ4v) is 5.05. The largest absolute Gasteiger partial charge is 0.347 e. The topological polar surface area (TPSA) is 68.0 Å². The van der Waals surface area contributed by atoms with E-state index in [0.717, 1.165) is 46.6 Å². The van der Waals surface area contributed by atoms with Gasteiger partial charge in [0.25, 0.3) is 5.91 Å². The summed E-state index contributed by atoms with van der Waals surface area (Å²) in [6.07, 6.45) is 7.44. The third-order valence-corrected chi connectivity index (χ3v) is 7.07. The van der Waals surface area contributed by atoms with Crippen molar-refractivity contribution in [3.63, 3.8) is 0 Å². The Bertz CT molecular complexity index is 1250. The molecule has 1 aliphatic heterocycles. The second-order valence-corrected chi connectivity index (χ2v) is 8.91. The van der Waals surface area contributed by atoms with Gasteiger partial charge in [0.1, 0.15) is 5.69 Å². The number of hydrogen-bond acceptors (Lipinski definition) is 5. The zero-order valence-corrected chi connectivity index (χ0v) is 18.4. The van der Waals surface area contributed by atoms with Crippen molar-refractivity contribution in [3.8, 4) is 0 Å². The van der Waals surface area contributed by atoms with Crippen LogP contribution in [0.1, 0.15) is 27.4 Å². The Kier molecular flexibility index (Phi) is 5.25. The van der Waals surface area contributed by atoms with Gasteiger partial charge in [-0.2, -0.15) is 0 Å². The fourth-order valence-electron chi connectivity index (χ4n) is 3.97. The SMILES string of the molecule is Cc1c(SN2CCn3cncc3C2)cc(C(=O)NCc2cccc3cnccc23)n1C. The number of rotatable bonds is 5. The first-order valence-electron chi connectivity index (χ1n) is 10.3. The quantitative estimate of drug-likeness (QED) is 0.489. The van der Waals surface area contributed by atoms with E-state index in [-0.39, 0.29) is 5.91 Å². The molecule has 7 nitrogen and oxygen atoms in total. The van der Waals surface area contributed by atoms with Crippen molar-refractivity contribution in [2.24, 2.45) is 7.05 Å². The van der Waals surface area contributed by atoms with Gasteiger partial charge in [0.2, 0.25) is 0 Å². The van der Waals surface area contributed by atoms with Crippen LogP contribution in [0, 0.1) is 6.92 Å². The van der Waals surface area contributed by atoms with Crippen molar-refractivity contribution in [2.75, 3.05) is 6.54 Å². The Morgan fingerprint density at radius 3 is 3.00 bits per heavy atom. The molecule has 0 bridgehead atoms. The van der Waals surface area contributed by atoms with Crippen LogP contribution >= 0.6 is 11.9 Å². The second-order valence-electron chi connectivity index (χ2n) is 7.77. The zero-order valence-electron chi connectivity index (χ0n) is 17.6. The smallest absolute Gasteiger partial charge is 0.268 e. The highest BCUT2D eigenvalue weighted by molar-refractivity contribution is 7.97. The van der Waals surface area contributed by atoms with Crippen LogP contribution in [0.15, 0.2) is 60.1 Å². The molecule has 0 fully saturated rings. The van der Waals surface area contributed by atoms with Gasteiger partial charge in [0.15, 0.2) is 0 Å². The van der Waals surface area contributed by atoms with E-state index in [1.54, 1.807) is 18.1 Å². The van der Waals surface area contributed by atoms with E-state index in [2.05, 4.69) is 31.1 Å². The first kappa shape index (κ1) is 19.8. The number of carbonyl (C=O) groups is 1. The molecule has 1 aromatic carbocycles. The zero-order chi connectivity index (χ0) is 21.4. The summed E-state index contributed by atoms with van der Waals surface area (Å²) < 4.78 is 6.49. The van der Waals surface area contributed by atoms with Crippen molar-refractivity contribution < 1.29 is 4.79 Å². The van der Waals surface area contributed by atoms with Gasteiger partial charge in [-0.1, -0.05) is 18.2 Å². The van der Waals surface area contributed by atoms with Gasteiger partial charge in [-0.15, -0.1) is 0 Å². The average Bonchev–Trinajstić information content (AvgIpc) is 3.37. The molecule has 0 saturated carbocycles. The van der Waals surface area contributed by atoms with Crippen LogP contribution in [0.4, 0.5) is 0 Å². The van der Waals surface area contributed by atoms with Crippen LogP contribution in [0.5, 0.6) is 0 Å². The van der Waals surface area contributed by atoms with Gasteiger partial charge in [0, 0.05) is 61.2 Å². The molecule has 0 atom stereocenters. The summed E-state index contributed by atoms with van der Waals surface area (Å²) in [6, 6.07) is 10.1. The van der Waals surface area contributed by atoms with Crippen molar-refractivity contribution >= 4 is 28.6 Å². The van der Waals surface area contributed by atoms with E-state index in [0.29, 0.717) is 12.2 Å². The maximum atomic E-state index is 13.0. The molecule has 3 aromatic heterocycles. The minimum Gasteiger partial charge on any atom is -0.347 e. The molecule has 5 rings (SSSR count). The number of nitrogens with one attached hydrogen (secondary N) is 1. The van der Waals surface area contributed by atoms with Crippen LogP contribution < -0.4 is 5.32 Å². The molecule has 0 unspecified atom stereocenters. The van der Waals surface area contributed by atoms with E-state index >= 15 is 0 Å². The standard InChI is InChI=1S/C23H24N6OS/c1-16-22(31-29-9-8-28-15-25-13-19(28)14-29)10-21(27(16)2)23(30)26-12-18-5-3-4-17-11-24-7-6-20(17)18/h3-7,10-11,13,15H,8-9,12,14H2,1-2H3,(H,26,30). The number of carbonyl (C=O) groups excluding carboxylic acids is 1.